The van der Waals surface area contributed by atoms with Crippen molar-refractivity contribution in [3.63, 3.8) is 0 Å². The third kappa shape index (κ3) is 2.63. The molecule has 2 aromatic rings. The average Bonchev–Trinajstić information content (AvgIpc) is 2.54. The SMILES string of the molecule is CC12CC(NC(=O)N1c1ccccc1C(F)(F)F)c1cc(Br)ccc1O2. The molecule has 0 saturated carbocycles. The van der Waals surface area contributed by atoms with Gasteiger partial charge in [-0.25, -0.2) is 4.79 Å². The minimum absolute atomic E-state index is 0.223. The highest BCUT2D eigenvalue weighted by molar-refractivity contribution is 9.10. The summed E-state index contributed by atoms with van der Waals surface area (Å²) in [5.74, 6) is 0.543. The number of hydrogen-bond donors (Lipinski definition) is 1. The molecule has 2 atom stereocenters. The molecule has 2 amide bonds. The number of para-hydroxylation sites is 1. The van der Waals surface area contributed by atoms with Gasteiger partial charge in [0.25, 0.3) is 0 Å². The quantitative estimate of drug-likeness (QED) is 0.677. The molecule has 0 aliphatic carbocycles. The molecule has 0 aromatic heterocycles. The van der Waals surface area contributed by atoms with E-state index in [1.165, 1.54) is 18.2 Å². The van der Waals surface area contributed by atoms with Crippen LogP contribution in [0.1, 0.15) is 30.5 Å². The Bertz CT molecular complexity index is 902. The first-order chi connectivity index (χ1) is 12.2. The summed E-state index contributed by atoms with van der Waals surface area (Å²) in [7, 11) is 0. The van der Waals surface area contributed by atoms with Gasteiger partial charge in [0.05, 0.1) is 17.3 Å². The topological polar surface area (TPSA) is 41.6 Å². The van der Waals surface area contributed by atoms with E-state index in [4.69, 9.17) is 4.74 Å². The zero-order valence-electron chi connectivity index (χ0n) is 13.6. The Labute approximate surface area is 156 Å². The van der Waals surface area contributed by atoms with Gasteiger partial charge < -0.3 is 10.1 Å². The van der Waals surface area contributed by atoms with E-state index in [0.29, 0.717) is 12.2 Å². The van der Waals surface area contributed by atoms with E-state index < -0.39 is 23.5 Å². The van der Waals surface area contributed by atoms with Gasteiger partial charge >= 0.3 is 12.2 Å². The Hall–Kier alpha value is -2.22. The molecule has 2 aliphatic rings. The molecule has 0 spiro atoms. The van der Waals surface area contributed by atoms with E-state index in [1.807, 2.05) is 6.07 Å². The van der Waals surface area contributed by atoms with Crippen LogP contribution in [0, 0.1) is 0 Å². The van der Waals surface area contributed by atoms with E-state index in [1.54, 1.807) is 19.1 Å². The number of benzene rings is 2. The number of hydrogen-bond acceptors (Lipinski definition) is 2. The largest absolute Gasteiger partial charge is 0.467 e. The van der Waals surface area contributed by atoms with Crippen LogP contribution in [0.2, 0.25) is 0 Å². The highest BCUT2D eigenvalue weighted by Crippen LogP contribution is 2.48. The number of anilines is 1. The third-order valence-corrected chi connectivity index (χ3v) is 5.18. The summed E-state index contributed by atoms with van der Waals surface area (Å²) < 4.78 is 47.2. The highest BCUT2D eigenvalue weighted by atomic mass is 79.9. The maximum Gasteiger partial charge on any atom is 0.418 e. The third-order valence-electron chi connectivity index (χ3n) is 4.68. The van der Waals surface area contributed by atoms with E-state index in [2.05, 4.69) is 21.2 Å². The van der Waals surface area contributed by atoms with Crippen molar-refractivity contribution >= 4 is 27.6 Å². The number of fused-ring (bicyclic) bond motifs is 4. The van der Waals surface area contributed by atoms with E-state index in [-0.39, 0.29) is 11.7 Å². The number of halogens is 4. The van der Waals surface area contributed by atoms with Crippen molar-refractivity contribution in [3.8, 4) is 5.75 Å². The first kappa shape index (κ1) is 17.2. The number of nitrogens with zero attached hydrogens (tertiary/aromatic N) is 1. The van der Waals surface area contributed by atoms with Crippen molar-refractivity contribution in [2.24, 2.45) is 0 Å². The van der Waals surface area contributed by atoms with Crippen LogP contribution in [0.25, 0.3) is 0 Å². The lowest BCUT2D eigenvalue weighted by Gasteiger charge is -2.51. The van der Waals surface area contributed by atoms with Crippen molar-refractivity contribution in [3.05, 3.63) is 58.1 Å². The van der Waals surface area contributed by atoms with Gasteiger partial charge in [-0.15, -0.1) is 0 Å². The second-order valence-corrected chi connectivity index (χ2v) is 7.43. The summed E-state index contributed by atoms with van der Waals surface area (Å²) in [6.07, 6.45) is -4.25. The predicted molar refractivity (Wildman–Crippen MR) is 93.0 cm³/mol. The van der Waals surface area contributed by atoms with E-state index in [0.717, 1.165) is 21.0 Å². The van der Waals surface area contributed by atoms with E-state index >= 15 is 0 Å². The number of amides is 2. The summed E-state index contributed by atoms with van der Waals surface area (Å²) in [5.41, 5.74) is -1.53. The lowest BCUT2D eigenvalue weighted by Crippen LogP contribution is -2.65. The monoisotopic (exact) mass is 426 g/mol. The molecule has 1 saturated heterocycles. The number of carbonyl (C=O) groups is 1. The van der Waals surface area contributed by atoms with Crippen LogP contribution in [0.15, 0.2) is 46.9 Å². The van der Waals surface area contributed by atoms with Crippen molar-refractivity contribution in [2.45, 2.75) is 31.3 Å². The molecule has 2 aromatic carbocycles. The average molecular weight is 427 g/mol. The van der Waals surface area contributed by atoms with Gasteiger partial charge in [-0.3, -0.25) is 4.90 Å². The molecule has 8 heteroatoms. The number of rotatable bonds is 1. The Morgan fingerprint density at radius 3 is 2.73 bits per heavy atom. The fourth-order valence-corrected chi connectivity index (χ4v) is 4.00. The molecule has 2 heterocycles. The Balaban J connectivity index is 1.84. The van der Waals surface area contributed by atoms with Crippen LogP contribution in [-0.4, -0.2) is 11.8 Å². The summed E-state index contributed by atoms with van der Waals surface area (Å²) >= 11 is 3.39. The highest BCUT2D eigenvalue weighted by Gasteiger charge is 2.51. The number of nitrogens with one attached hydrogen (secondary N) is 1. The summed E-state index contributed by atoms with van der Waals surface area (Å²) in [6, 6.07) is 9.46. The lowest BCUT2D eigenvalue weighted by molar-refractivity contribution is -0.137. The van der Waals surface area contributed by atoms with Crippen molar-refractivity contribution in [1.82, 2.24) is 5.32 Å². The lowest BCUT2D eigenvalue weighted by atomic mass is 9.90. The second kappa shape index (κ2) is 5.64. The zero-order valence-corrected chi connectivity index (χ0v) is 15.2. The zero-order chi connectivity index (χ0) is 18.7. The summed E-state index contributed by atoms with van der Waals surface area (Å²) in [5, 5.41) is 2.80. The first-order valence-corrected chi connectivity index (χ1v) is 8.74. The molecule has 1 fully saturated rings. The molecular formula is C18H14BrF3N2O2. The van der Waals surface area contributed by atoms with Crippen LogP contribution >= 0.6 is 15.9 Å². The van der Waals surface area contributed by atoms with Gasteiger partial charge in [0, 0.05) is 16.5 Å². The van der Waals surface area contributed by atoms with Gasteiger partial charge in [-0.2, -0.15) is 13.2 Å². The molecule has 4 rings (SSSR count). The predicted octanol–water partition coefficient (Wildman–Crippen LogP) is 5.24. The van der Waals surface area contributed by atoms with Gasteiger partial charge in [0.2, 0.25) is 0 Å². The number of alkyl halides is 3. The number of carbonyl (C=O) groups excluding carboxylic acids is 1. The summed E-state index contributed by atoms with van der Waals surface area (Å²) in [6.45, 7) is 1.64. The van der Waals surface area contributed by atoms with Gasteiger partial charge in [-0.1, -0.05) is 28.1 Å². The van der Waals surface area contributed by atoms with Gasteiger partial charge in [0.1, 0.15) is 5.75 Å². The van der Waals surface area contributed by atoms with Crippen LogP contribution in [0.5, 0.6) is 5.75 Å². The Morgan fingerprint density at radius 1 is 1.27 bits per heavy atom. The Kier molecular flexibility index (Phi) is 3.73. The van der Waals surface area contributed by atoms with Crippen LogP contribution < -0.4 is 15.0 Å². The normalized spacial score (nSPS) is 24.6. The molecule has 2 aliphatic heterocycles. The fraction of sp³-hybridized carbons (Fsp3) is 0.278. The van der Waals surface area contributed by atoms with Gasteiger partial charge in [-0.05, 0) is 37.3 Å². The molecule has 26 heavy (non-hydrogen) atoms. The molecule has 0 radical (unpaired) electrons. The van der Waals surface area contributed by atoms with Crippen LogP contribution in [0.3, 0.4) is 0 Å². The Morgan fingerprint density at radius 2 is 2.00 bits per heavy atom. The molecule has 2 bridgehead atoms. The van der Waals surface area contributed by atoms with Crippen molar-refractivity contribution in [2.75, 3.05) is 4.90 Å². The van der Waals surface area contributed by atoms with Crippen LogP contribution in [-0.2, 0) is 6.18 Å². The first-order valence-electron chi connectivity index (χ1n) is 7.94. The van der Waals surface area contributed by atoms with E-state index in [9.17, 15) is 18.0 Å². The van der Waals surface area contributed by atoms with Crippen molar-refractivity contribution < 1.29 is 22.7 Å². The number of urea groups is 1. The fourth-order valence-electron chi connectivity index (χ4n) is 3.62. The number of ether oxygens (including phenoxy) is 1. The molecular weight excluding hydrogens is 413 g/mol. The molecule has 1 N–H and O–H groups in total. The van der Waals surface area contributed by atoms with Crippen molar-refractivity contribution in [1.29, 1.82) is 0 Å². The molecule has 4 nitrogen and oxygen atoms in total. The standard InChI is InChI=1S/C18H14BrF3N2O2/c1-17-9-13(11-8-10(19)6-7-15(11)26-17)23-16(25)24(17)14-5-3-2-4-12(14)18(20,21)22/h2-8,13H,9H2,1H3,(H,23,25). The molecule has 136 valence electrons. The summed E-state index contributed by atoms with van der Waals surface area (Å²) in [4.78, 5) is 13.8. The minimum Gasteiger partial charge on any atom is -0.467 e. The minimum atomic E-state index is -4.58. The smallest absolute Gasteiger partial charge is 0.418 e. The maximum atomic E-state index is 13.5. The van der Waals surface area contributed by atoms with Gasteiger partial charge in [0.15, 0.2) is 5.72 Å². The van der Waals surface area contributed by atoms with Crippen LogP contribution in [0.4, 0.5) is 23.7 Å². The second-order valence-electron chi connectivity index (χ2n) is 6.52. The molecule has 2 unspecified atom stereocenters. The maximum absolute atomic E-state index is 13.5.